The Morgan fingerprint density at radius 2 is 2.09 bits per heavy atom. The van der Waals surface area contributed by atoms with E-state index in [9.17, 15) is 5.11 Å². The Morgan fingerprint density at radius 3 is 2.73 bits per heavy atom. The van der Waals surface area contributed by atoms with Crippen molar-refractivity contribution in [3.8, 4) is 5.75 Å². The Bertz CT molecular complexity index is 434. The van der Waals surface area contributed by atoms with Gasteiger partial charge in [0.1, 0.15) is 5.75 Å². The second kappa shape index (κ2) is 10.4. The fourth-order valence-corrected chi connectivity index (χ4v) is 2.39. The zero-order chi connectivity index (χ0) is 16.4. The maximum atomic E-state index is 10.1. The molecular formula is C18H29NO3. The van der Waals surface area contributed by atoms with Crippen molar-refractivity contribution in [1.29, 1.82) is 0 Å². The molecular weight excluding hydrogens is 278 g/mol. The number of hydrogen-bond acceptors (Lipinski definition) is 4. The van der Waals surface area contributed by atoms with Crippen LogP contribution in [0.15, 0.2) is 36.9 Å². The Labute approximate surface area is 134 Å². The molecule has 124 valence electrons. The van der Waals surface area contributed by atoms with Gasteiger partial charge in [-0.05, 0) is 23.6 Å². The summed E-state index contributed by atoms with van der Waals surface area (Å²) in [5, 5.41) is 10.1. The predicted molar refractivity (Wildman–Crippen MR) is 90.1 cm³/mol. The molecule has 0 fully saturated rings. The van der Waals surface area contributed by atoms with Crippen molar-refractivity contribution in [2.24, 2.45) is 5.92 Å². The Kier molecular flexibility index (Phi) is 8.82. The van der Waals surface area contributed by atoms with Gasteiger partial charge in [-0.3, -0.25) is 4.90 Å². The molecule has 0 aliphatic heterocycles. The van der Waals surface area contributed by atoms with Gasteiger partial charge in [0.25, 0.3) is 0 Å². The van der Waals surface area contributed by atoms with Crippen LogP contribution in [0.3, 0.4) is 0 Å². The summed E-state index contributed by atoms with van der Waals surface area (Å²) in [7, 11) is 1.67. The van der Waals surface area contributed by atoms with Gasteiger partial charge in [0, 0.05) is 19.6 Å². The first-order valence-electron chi connectivity index (χ1n) is 7.77. The fraction of sp³-hybridized carbons (Fsp3) is 0.556. The Morgan fingerprint density at radius 1 is 1.32 bits per heavy atom. The van der Waals surface area contributed by atoms with E-state index >= 15 is 0 Å². The number of nitrogens with zero attached hydrogens (tertiary/aromatic N) is 1. The normalized spacial score (nSPS) is 12.6. The average Bonchev–Trinajstić information content (AvgIpc) is 2.47. The van der Waals surface area contributed by atoms with Crippen LogP contribution in [0, 0.1) is 5.92 Å². The third kappa shape index (κ3) is 7.59. The first kappa shape index (κ1) is 18.7. The predicted octanol–water partition coefficient (Wildman–Crippen LogP) is 2.72. The van der Waals surface area contributed by atoms with E-state index in [1.807, 2.05) is 18.2 Å². The van der Waals surface area contributed by atoms with Crippen molar-refractivity contribution in [3.05, 3.63) is 42.5 Å². The molecule has 0 aliphatic carbocycles. The molecule has 0 aromatic heterocycles. The average molecular weight is 307 g/mol. The van der Waals surface area contributed by atoms with Crippen LogP contribution in [0.4, 0.5) is 0 Å². The molecule has 4 heteroatoms. The summed E-state index contributed by atoms with van der Waals surface area (Å²) < 4.78 is 10.6. The van der Waals surface area contributed by atoms with E-state index in [0.717, 1.165) is 18.8 Å². The molecule has 0 saturated heterocycles. The molecule has 4 nitrogen and oxygen atoms in total. The molecule has 22 heavy (non-hydrogen) atoms. The molecule has 0 spiro atoms. The highest BCUT2D eigenvalue weighted by Crippen LogP contribution is 2.15. The van der Waals surface area contributed by atoms with Crippen LogP contribution in [0.1, 0.15) is 19.4 Å². The van der Waals surface area contributed by atoms with Gasteiger partial charge in [-0.15, -0.1) is 6.58 Å². The summed E-state index contributed by atoms with van der Waals surface area (Å²) in [5.41, 5.74) is 1.18. The van der Waals surface area contributed by atoms with E-state index < -0.39 is 6.10 Å². The summed E-state index contributed by atoms with van der Waals surface area (Å²) in [4.78, 5) is 2.25. The minimum Gasteiger partial charge on any atom is -0.497 e. The molecule has 0 amide bonds. The van der Waals surface area contributed by atoms with Gasteiger partial charge < -0.3 is 14.6 Å². The summed E-state index contributed by atoms with van der Waals surface area (Å²) in [6.07, 6.45) is 1.19. The zero-order valence-corrected chi connectivity index (χ0v) is 14.0. The van der Waals surface area contributed by atoms with Gasteiger partial charge in [-0.2, -0.15) is 0 Å². The van der Waals surface area contributed by atoms with Crippen molar-refractivity contribution in [1.82, 2.24) is 4.90 Å². The van der Waals surface area contributed by atoms with Crippen molar-refractivity contribution >= 4 is 0 Å². The first-order valence-corrected chi connectivity index (χ1v) is 7.77. The van der Waals surface area contributed by atoms with Crippen molar-refractivity contribution in [2.45, 2.75) is 26.5 Å². The molecule has 0 saturated carbocycles. The fourth-order valence-electron chi connectivity index (χ4n) is 2.39. The van der Waals surface area contributed by atoms with E-state index in [2.05, 4.69) is 31.4 Å². The maximum absolute atomic E-state index is 10.1. The second-order valence-electron chi connectivity index (χ2n) is 5.92. The summed E-state index contributed by atoms with van der Waals surface area (Å²) >= 11 is 0. The maximum Gasteiger partial charge on any atom is 0.119 e. The van der Waals surface area contributed by atoms with E-state index in [1.54, 1.807) is 13.2 Å². The van der Waals surface area contributed by atoms with E-state index in [1.165, 1.54) is 5.56 Å². The van der Waals surface area contributed by atoms with E-state index in [-0.39, 0.29) is 0 Å². The molecule has 1 aromatic rings. The molecule has 1 atom stereocenters. The molecule has 1 aromatic carbocycles. The molecule has 1 N–H and O–H groups in total. The first-order chi connectivity index (χ1) is 10.5. The highest BCUT2D eigenvalue weighted by molar-refractivity contribution is 5.28. The van der Waals surface area contributed by atoms with E-state index in [0.29, 0.717) is 25.7 Å². The highest BCUT2D eigenvalue weighted by Gasteiger charge is 2.14. The van der Waals surface area contributed by atoms with Crippen LogP contribution in [-0.4, -0.2) is 49.5 Å². The summed E-state index contributed by atoms with van der Waals surface area (Å²) in [5.74, 6) is 1.39. The second-order valence-corrected chi connectivity index (χ2v) is 5.92. The lowest BCUT2D eigenvalue weighted by Crippen LogP contribution is -2.36. The SMILES string of the molecule is C=CCOCC(O)CN(Cc1cccc(OC)c1)CC(C)C. The minimum absolute atomic E-state index is 0.332. The molecule has 0 bridgehead atoms. The van der Waals surface area contributed by atoms with Crippen LogP contribution in [0.2, 0.25) is 0 Å². The lowest BCUT2D eigenvalue weighted by molar-refractivity contribution is 0.0223. The standard InChI is InChI=1S/C18H29NO3/c1-5-9-22-14-17(20)13-19(11-15(2)3)12-16-7-6-8-18(10-16)21-4/h5-8,10,15,17,20H,1,9,11-14H2,2-4H3. The number of aliphatic hydroxyl groups is 1. The number of benzene rings is 1. The summed E-state index contributed by atoms with van der Waals surface area (Å²) in [6.45, 7) is 11.1. The lowest BCUT2D eigenvalue weighted by Gasteiger charge is -2.27. The van der Waals surface area contributed by atoms with Crippen LogP contribution in [-0.2, 0) is 11.3 Å². The van der Waals surface area contributed by atoms with Crippen LogP contribution >= 0.6 is 0 Å². The summed E-state index contributed by atoms with van der Waals surface area (Å²) in [6, 6.07) is 8.05. The van der Waals surface area contributed by atoms with Crippen molar-refractivity contribution in [2.75, 3.05) is 33.4 Å². The molecule has 1 rings (SSSR count). The van der Waals surface area contributed by atoms with Gasteiger partial charge >= 0.3 is 0 Å². The van der Waals surface area contributed by atoms with Gasteiger partial charge in [0.05, 0.1) is 26.4 Å². The van der Waals surface area contributed by atoms with Gasteiger partial charge in [-0.1, -0.05) is 32.1 Å². The number of ether oxygens (including phenoxy) is 2. The molecule has 1 unspecified atom stereocenters. The quantitative estimate of drug-likeness (QED) is 0.504. The third-order valence-corrected chi connectivity index (χ3v) is 3.18. The van der Waals surface area contributed by atoms with Gasteiger partial charge in [0.2, 0.25) is 0 Å². The molecule has 0 heterocycles. The van der Waals surface area contributed by atoms with Crippen LogP contribution < -0.4 is 4.74 Å². The topological polar surface area (TPSA) is 41.9 Å². The monoisotopic (exact) mass is 307 g/mol. The third-order valence-electron chi connectivity index (χ3n) is 3.18. The van der Waals surface area contributed by atoms with Crippen LogP contribution in [0.25, 0.3) is 0 Å². The van der Waals surface area contributed by atoms with Crippen molar-refractivity contribution in [3.63, 3.8) is 0 Å². The highest BCUT2D eigenvalue weighted by atomic mass is 16.5. The molecule has 0 radical (unpaired) electrons. The largest absolute Gasteiger partial charge is 0.497 e. The van der Waals surface area contributed by atoms with Crippen LogP contribution in [0.5, 0.6) is 5.75 Å². The minimum atomic E-state index is -0.496. The van der Waals surface area contributed by atoms with Crippen molar-refractivity contribution < 1.29 is 14.6 Å². The number of aliphatic hydroxyl groups excluding tert-OH is 1. The Hall–Kier alpha value is -1.36. The lowest BCUT2D eigenvalue weighted by atomic mass is 10.1. The van der Waals surface area contributed by atoms with E-state index in [4.69, 9.17) is 9.47 Å². The smallest absolute Gasteiger partial charge is 0.119 e. The Balaban J connectivity index is 2.60. The zero-order valence-electron chi connectivity index (χ0n) is 14.0. The molecule has 0 aliphatic rings. The number of hydrogen-bond donors (Lipinski definition) is 1. The number of rotatable bonds is 11. The van der Waals surface area contributed by atoms with Gasteiger partial charge in [-0.25, -0.2) is 0 Å². The number of methoxy groups -OCH3 is 1. The van der Waals surface area contributed by atoms with Gasteiger partial charge in [0.15, 0.2) is 0 Å².